The summed E-state index contributed by atoms with van der Waals surface area (Å²) >= 11 is 0. The highest BCUT2D eigenvalue weighted by Crippen LogP contribution is 2.57. The summed E-state index contributed by atoms with van der Waals surface area (Å²) in [6.07, 6.45) is 6.23. The molecule has 1 saturated carbocycles. The molecule has 0 N–H and O–H groups in total. The Hall–Kier alpha value is -6.64. The topological polar surface area (TPSA) is 16.4 Å². The molecule has 0 saturated heterocycles. The summed E-state index contributed by atoms with van der Waals surface area (Å²) in [6, 6.07) is 65.4. The number of benzene rings is 8. The van der Waals surface area contributed by atoms with Gasteiger partial charge in [0.05, 0.1) is 5.69 Å². The number of nitrogens with zero attached hydrogens (tertiary/aromatic N) is 1. The van der Waals surface area contributed by atoms with E-state index in [0.29, 0.717) is 0 Å². The van der Waals surface area contributed by atoms with Gasteiger partial charge in [-0.15, -0.1) is 0 Å². The Bertz CT molecular complexity index is 3120. The lowest BCUT2D eigenvalue weighted by Crippen LogP contribution is -2.28. The first-order valence-corrected chi connectivity index (χ1v) is 21.4. The Morgan fingerprint density at radius 2 is 1.02 bits per heavy atom. The molecule has 0 amide bonds. The van der Waals surface area contributed by atoms with Crippen LogP contribution in [0.3, 0.4) is 0 Å². The van der Waals surface area contributed by atoms with E-state index in [4.69, 9.17) is 4.42 Å². The van der Waals surface area contributed by atoms with Crippen molar-refractivity contribution in [2.45, 2.75) is 56.8 Å². The second-order valence-electron chi connectivity index (χ2n) is 17.5. The molecular formula is C57H45NO. The van der Waals surface area contributed by atoms with Crippen molar-refractivity contribution in [1.29, 1.82) is 0 Å². The lowest BCUT2D eigenvalue weighted by atomic mass is 9.68. The van der Waals surface area contributed by atoms with E-state index >= 15 is 0 Å². The zero-order valence-corrected chi connectivity index (χ0v) is 33.6. The zero-order chi connectivity index (χ0) is 39.3. The summed E-state index contributed by atoms with van der Waals surface area (Å²) in [5.41, 5.74) is 21.3. The van der Waals surface area contributed by atoms with Gasteiger partial charge in [0, 0.05) is 33.0 Å². The van der Waals surface area contributed by atoms with Crippen molar-refractivity contribution in [3.63, 3.8) is 0 Å². The predicted molar refractivity (Wildman–Crippen MR) is 246 cm³/mol. The van der Waals surface area contributed by atoms with Crippen molar-refractivity contribution < 1.29 is 4.42 Å². The highest BCUT2D eigenvalue weighted by atomic mass is 16.3. The minimum atomic E-state index is -0.106. The molecule has 1 fully saturated rings. The molecule has 0 unspecified atom stereocenters. The summed E-state index contributed by atoms with van der Waals surface area (Å²) < 4.78 is 6.75. The molecular weight excluding hydrogens is 715 g/mol. The smallest absolute Gasteiger partial charge is 0.159 e. The van der Waals surface area contributed by atoms with E-state index in [1.54, 1.807) is 0 Å². The Morgan fingerprint density at radius 1 is 0.441 bits per heavy atom. The van der Waals surface area contributed by atoms with E-state index < -0.39 is 0 Å². The van der Waals surface area contributed by atoms with Crippen LogP contribution < -0.4 is 4.90 Å². The minimum absolute atomic E-state index is 0.0539. The van der Waals surface area contributed by atoms with Crippen LogP contribution in [0.1, 0.15) is 68.2 Å². The van der Waals surface area contributed by atoms with Gasteiger partial charge in [-0.1, -0.05) is 173 Å². The average molecular weight is 760 g/mol. The average Bonchev–Trinajstić information content (AvgIpc) is 3.88. The van der Waals surface area contributed by atoms with Crippen LogP contribution in [0.2, 0.25) is 0 Å². The Kier molecular flexibility index (Phi) is 7.54. The molecule has 2 nitrogen and oxygen atoms in total. The van der Waals surface area contributed by atoms with Crippen molar-refractivity contribution in [3.05, 3.63) is 198 Å². The van der Waals surface area contributed by atoms with Gasteiger partial charge in [0.1, 0.15) is 5.58 Å². The van der Waals surface area contributed by atoms with Gasteiger partial charge in [-0.05, 0) is 116 Å². The molecule has 8 aromatic carbocycles. The Balaban J connectivity index is 1.02. The van der Waals surface area contributed by atoms with Gasteiger partial charge in [0.25, 0.3) is 0 Å². The van der Waals surface area contributed by atoms with Gasteiger partial charge < -0.3 is 9.32 Å². The first-order valence-electron chi connectivity index (χ1n) is 21.4. The molecule has 59 heavy (non-hydrogen) atoms. The first-order chi connectivity index (χ1) is 29.0. The van der Waals surface area contributed by atoms with Crippen LogP contribution in [0, 0.1) is 0 Å². The lowest BCUT2D eigenvalue weighted by Gasteiger charge is -2.36. The van der Waals surface area contributed by atoms with Gasteiger partial charge >= 0.3 is 0 Å². The van der Waals surface area contributed by atoms with Crippen LogP contribution >= 0.6 is 0 Å². The van der Waals surface area contributed by atoms with Gasteiger partial charge in [-0.2, -0.15) is 0 Å². The molecule has 1 aromatic heterocycles. The van der Waals surface area contributed by atoms with E-state index in [9.17, 15) is 0 Å². The van der Waals surface area contributed by atoms with Gasteiger partial charge in [0.2, 0.25) is 0 Å². The third kappa shape index (κ3) is 4.99. The molecule has 0 radical (unpaired) electrons. The molecule has 1 spiro atoms. The fraction of sp³-hybridized carbons (Fsp3) is 0.158. The molecule has 1 heterocycles. The van der Waals surface area contributed by atoms with Crippen LogP contribution in [0.15, 0.2) is 180 Å². The second kappa shape index (κ2) is 12.9. The van der Waals surface area contributed by atoms with Crippen molar-refractivity contribution in [2.24, 2.45) is 0 Å². The molecule has 3 aliphatic rings. The van der Waals surface area contributed by atoms with Crippen LogP contribution in [-0.4, -0.2) is 0 Å². The Labute approximate surface area is 346 Å². The summed E-state index contributed by atoms with van der Waals surface area (Å²) in [5, 5.41) is 2.27. The number of hydrogen-bond acceptors (Lipinski definition) is 2. The molecule has 3 aliphatic carbocycles. The Morgan fingerprint density at radius 3 is 1.81 bits per heavy atom. The van der Waals surface area contributed by atoms with E-state index in [1.807, 2.05) is 0 Å². The van der Waals surface area contributed by atoms with Crippen LogP contribution in [0.5, 0.6) is 0 Å². The highest BCUT2D eigenvalue weighted by molar-refractivity contribution is 6.10. The van der Waals surface area contributed by atoms with Gasteiger partial charge in [0.15, 0.2) is 5.58 Å². The summed E-state index contributed by atoms with van der Waals surface area (Å²) in [5.74, 6) is 0. The maximum Gasteiger partial charge on any atom is 0.159 e. The number of fused-ring (bicyclic) bond motifs is 11. The van der Waals surface area contributed by atoms with Gasteiger partial charge in [-0.3, -0.25) is 0 Å². The SMILES string of the molecule is CC1(C)c2ccccc2-c2cccc(-c3ccccc3-c3ccc(N(c4ccc5c(c4)C4(CCCCC4)c4ccccc4-5)c4cccc5c4oc4ccccc45)cc3)c21. The fourth-order valence-electron chi connectivity index (χ4n) is 11.4. The van der Waals surface area contributed by atoms with E-state index in [-0.39, 0.29) is 10.8 Å². The van der Waals surface area contributed by atoms with Crippen molar-refractivity contribution in [3.8, 4) is 44.5 Å². The van der Waals surface area contributed by atoms with Crippen LogP contribution in [0.4, 0.5) is 17.1 Å². The monoisotopic (exact) mass is 759 g/mol. The number of para-hydroxylation sites is 2. The second-order valence-corrected chi connectivity index (χ2v) is 17.5. The van der Waals surface area contributed by atoms with Crippen molar-refractivity contribution in [1.82, 2.24) is 0 Å². The third-order valence-electron chi connectivity index (χ3n) is 14.1. The number of furan rings is 1. The van der Waals surface area contributed by atoms with Crippen LogP contribution in [0.25, 0.3) is 66.4 Å². The first kappa shape index (κ1) is 34.4. The fourth-order valence-corrected chi connectivity index (χ4v) is 11.4. The standard InChI is InChI=1S/C57H45NO/c1-56(2)49-24-9-6-19-43(49)47-22-14-21-46(54(47)56)41-17-5-4-16-40(41)37-28-30-38(31-29-37)58(52-26-15-23-48-45-20-8-11-27-53(45)59-55(48)52)39-32-33-44-42-18-7-10-25-50(42)57(51(44)36-39)34-12-3-13-35-57/h4-11,14-33,36H,3,12-13,34-35H2,1-2H3. The maximum atomic E-state index is 6.75. The molecule has 2 heteroatoms. The van der Waals surface area contributed by atoms with Crippen molar-refractivity contribution >= 4 is 39.0 Å². The number of hydrogen-bond donors (Lipinski definition) is 0. The van der Waals surface area contributed by atoms with Gasteiger partial charge in [-0.25, -0.2) is 0 Å². The summed E-state index contributed by atoms with van der Waals surface area (Å²) in [6.45, 7) is 4.76. The molecule has 9 aromatic rings. The van der Waals surface area contributed by atoms with E-state index in [1.165, 1.54) is 98.9 Å². The number of rotatable bonds is 5. The molecule has 284 valence electrons. The minimum Gasteiger partial charge on any atom is -0.454 e. The van der Waals surface area contributed by atoms with E-state index in [0.717, 1.165) is 39.0 Å². The molecule has 0 atom stereocenters. The highest BCUT2D eigenvalue weighted by Gasteiger charge is 2.44. The molecule has 12 rings (SSSR count). The molecule has 0 bridgehead atoms. The summed E-state index contributed by atoms with van der Waals surface area (Å²) in [4.78, 5) is 2.43. The largest absolute Gasteiger partial charge is 0.454 e. The quantitative estimate of drug-likeness (QED) is 0.174. The third-order valence-corrected chi connectivity index (χ3v) is 14.1. The zero-order valence-electron chi connectivity index (χ0n) is 33.6. The summed E-state index contributed by atoms with van der Waals surface area (Å²) in [7, 11) is 0. The maximum absolute atomic E-state index is 6.75. The lowest BCUT2D eigenvalue weighted by molar-refractivity contribution is 0.353. The van der Waals surface area contributed by atoms with Crippen LogP contribution in [-0.2, 0) is 10.8 Å². The molecule has 0 aliphatic heterocycles. The predicted octanol–water partition coefficient (Wildman–Crippen LogP) is 15.9. The van der Waals surface area contributed by atoms with E-state index in [2.05, 4.69) is 195 Å². The normalized spacial score (nSPS) is 15.6. The number of anilines is 3. The van der Waals surface area contributed by atoms with Crippen molar-refractivity contribution in [2.75, 3.05) is 4.90 Å².